The maximum atomic E-state index is 13.6. The predicted octanol–water partition coefficient (Wildman–Crippen LogP) is 1.94. The Morgan fingerprint density at radius 1 is 1.10 bits per heavy atom. The first-order valence-electron chi connectivity index (χ1n) is 10.7. The molecule has 162 valence electrons. The van der Waals surface area contributed by atoms with Gasteiger partial charge in [-0.3, -0.25) is 14.5 Å². The number of hydrogen-bond acceptors (Lipinski definition) is 5. The Hall–Kier alpha value is -2.16. The minimum atomic E-state index is 0.00799. The van der Waals surface area contributed by atoms with E-state index < -0.39 is 0 Å². The largest absolute Gasteiger partial charge is 0.383 e. The number of aryl methyl sites for hydroxylation is 1. The normalized spacial score (nSPS) is 17.0. The smallest absolute Gasteiger partial charge is 0.257 e. The zero-order chi connectivity index (χ0) is 20.9. The molecule has 1 fully saturated rings. The van der Waals surface area contributed by atoms with Gasteiger partial charge in [-0.2, -0.15) is 0 Å². The zero-order valence-corrected chi connectivity index (χ0v) is 18.4. The molecule has 1 aliphatic carbocycles. The molecule has 0 unspecified atom stereocenters. The van der Waals surface area contributed by atoms with Crippen LogP contribution in [-0.4, -0.2) is 79.2 Å². The molecule has 0 atom stereocenters. The van der Waals surface area contributed by atoms with Crippen molar-refractivity contribution >= 4 is 23.2 Å². The molecule has 2 amide bonds. The number of aromatic nitrogens is 1. The molecule has 0 spiro atoms. The van der Waals surface area contributed by atoms with Gasteiger partial charge in [-0.1, -0.05) is 0 Å². The van der Waals surface area contributed by atoms with Gasteiger partial charge in [-0.25, -0.2) is 0 Å². The summed E-state index contributed by atoms with van der Waals surface area (Å²) in [5.74, 6) is 0.149. The molecule has 2 aliphatic rings. The van der Waals surface area contributed by atoms with E-state index in [2.05, 4.69) is 14.8 Å². The Bertz CT molecular complexity index is 869. The number of rotatable bonds is 7. The first-order valence-corrected chi connectivity index (χ1v) is 11.5. The molecule has 7 nitrogen and oxygen atoms in total. The van der Waals surface area contributed by atoms with Crippen molar-refractivity contribution in [3.63, 3.8) is 0 Å². The van der Waals surface area contributed by atoms with Crippen molar-refractivity contribution in [2.45, 2.75) is 25.7 Å². The van der Waals surface area contributed by atoms with Crippen LogP contribution in [-0.2, 0) is 22.4 Å². The van der Waals surface area contributed by atoms with E-state index in [1.54, 1.807) is 18.4 Å². The highest BCUT2D eigenvalue weighted by Crippen LogP contribution is 2.37. The molecule has 1 N–H and O–H groups in total. The van der Waals surface area contributed by atoms with E-state index in [0.717, 1.165) is 29.8 Å². The number of ether oxygens (including phenoxy) is 1. The fraction of sp³-hybridized carbons (Fsp3) is 0.545. The highest BCUT2D eigenvalue weighted by atomic mass is 32.1. The van der Waals surface area contributed by atoms with Gasteiger partial charge in [0, 0.05) is 57.1 Å². The summed E-state index contributed by atoms with van der Waals surface area (Å²) in [5.41, 5.74) is 2.16. The van der Waals surface area contributed by atoms with Crippen LogP contribution in [0.15, 0.2) is 24.5 Å². The molecule has 4 rings (SSSR count). The van der Waals surface area contributed by atoms with Crippen molar-refractivity contribution in [1.82, 2.24) is 19.7 Å². The molecular formula is C22H30N4O3S. The molecule has 0 saturated carbocycles. The monoisotopic (exact) mass is 430 g/mol. The Balaban J connectivity index is 1.42. The topological polar surface area (TPSA) is 66.8 Å². The summed E-state index contributed by atoms with van der Waals surface area (Å²) in [5, 5.41) is 3.91. The van der Waals surface area contributed by atoms with E-state index in [9.17, 15) is 9.59 Å². The fourth-order valence-corrected chi connectivity index (χ4v) is 5.59. The summed E-state index contributed by atoms with van der Waals surface area (Å²) < 4.78 is 7.04. The fourth-order valence-electron chi connectivity index (χ4n) is 4.24. The van der Waals surface area contributed by atoms with E-state index in [4.69, 9.17) is 4.74 Å². The number of methoxy groups -OCH3 is 1. The van der Waals surface area contributed by atoms with Gasteiger partial charge < -0.3 is 19.5 Å². The van der Waals surface area contributed by atoms with Crippen molar-refractivity contribution in [2.75, 3.05) is 53.0 Å². The summed E-state index contributed by atoms with van der Waals surface area (Å²) >= 11 is 1.77. The molecule has 0 aromatic carbocycles. The Labute approximate surface area is 181 Å². The number of piperazine rings is 1. The number of carbonyl (C=O) groups excluding carboxylic acids is 2. The van der Waals surface area contributed by atoms with Crippen LogP contribution < -0.4 is 5.32 Å². The van der Waals surface area contributed by atoms with Crippen molar-refractivity contribution < 1.29 is 14.3 Å². The van der Waals surface area contributed by atoms with Crippen LogP contribution in [0.4, 0.5) is 0 Å². The summed E-state index contributed by atoms with van der Waals surface area (Å²) in [4.78, 5) is 31.0. The highest BCUT2D eigenvalue weighted by Gasteiger charge is 2.31. The second-order valence-electron chi connectivity index (χ2n) is 7.89. The number of carbonyl (C=O) groups is 2. The van der Waals surface area contributed by atoms with Crippen LogP contribution in [0.25, 0.3) is 5.00 Å². The lowest BCUT2D eigenvalue weighted by Gasteiger charge is -2.34. The van der Waals surface area contributed by atoms with Crippen LogP contribution in [0.5, 0.6) is 0 Å². The number of hydrogen-bond donors (Lipinski definition) is 1. The molecule has 1 aliphatic heterocycles. The molecular weight excluding hydrogens is 400 g/mol. The molecule has 0 radical (unpaired) electrons. The van der Waals surface area contributed by atoms with E-state index in [1.165, 1.54) is 16.9 Å². The molecule has 1 saturated heterocycles. The first-order chi connectivity index (χ1) is 14.7. The maximum Gasteiger partial charge on any atom is 0.257 e. The number of fused-ring (bicyclic) bond motifs is 1. The average molecular weight is 431 g/mol. The van der Waals surface area contributed by atoms with Crippen LogP contribution in [0.2, 0.25) is 0 Å². The lowest BCUT2D eigenvalue weighted by Crippen LogP contribution is -2.51. The van der Waals surface area contributed by atoms with E-state index in [-0.39, 0.29) is 11.8 Å². The van der Waals surface area contributed by atoms with Crippen molar-refractivity contribution in [3.05, 3.63) is 40.5 Å². The Morgan fingerprint density at radius 3 is 2.57 bits per heavy atom. The standard InChI is InChI=1S/C22H30N4O3S/c1-29-15-8-23-19(27)16-24-11-13-25(14-12-24)21(28)20-17-6-2-3-7-18(17)30-22(20)26-9-4-5-10-26/h4-5,9-10H,2-3,6-8,11-16H2,1H3,(H,23,27). The van der Waals surface area contributed by atoms with Crippen molar-refractivity contribution in [1.29, 1.82) is 0 Å². The number of nitrogens with zero attached hydrogens (tertiary/aromatic N) is 3. The molecule has 8 heteroatoms. The van der Waals surface area contributed by atoms with Gasteiger partial charge in [-0.05, 0) is 43.4 Å². The maximum absolute atomic E-state index is 13.6. The molecule has 0 bridgehead atoms. The molecule has 2 aromatic heterocycles. The number of amides is 2. The first kappa shape index (κ1) is 21.1. The summed E-state index contributed by atoms with van der Waals surface area (Å²) in [6.07, 6.45) is 8.48. The van der Waals surface area contributed by atoms with Gasteiger partial charge in [0.15, 0.2) is 0 Å². The minimum Gasteiger partial charge on any atom is -0.383 e. The van der Waals surface area contributed by atoms with E-state index in [0.29, 0.717) is 45.9 Å². The lowest BCUT2D eigenvalue weighted by atomic mass is 9.95. The summed E-state index contributed by atoms with van der Waals surface area (Å²) in [7, 11) is 1.62. The van der Waals surface area contributed by atoms with Gasteiger partial charge in [-0.15, -0.1) is 11.3 Å². The van der Waals surface area contributed by atoms with Gasteiger partial charge in [0.05, 0.1) is 18.7 Å². The number of thiophene rings is 1. The van der Waals surface area contributed by atoms with Gasteiger partial charge in [0.1, 0.15) is 5.00 Å². The SMILES string of the molecule is COCCNC(=O)CN1CCN(C(=O)c2c(-n3cccc3)sc3c2CCCC3)CC1. The van der Waals surface area contributed by atoms with Crippen LogP contribution in [0, 0.1) is 0 Å². The quantitative estimate of drug-likeness (QED) is 0.682. The van der Waals surface area contributed by atoms with Crippen LogP contribution in [0.1, 0.15) is 33.6 Å². The second-order valence-corrected chi connectivity index (χ2v) is 8.98. The zero-order valence-electron chi connectivity index (χ0n) is 17.6. The van der Waals surface area contributed by atoms with Gasteiger partial charge in [0.25, 0.3) is 5.91 Å². The van der Waals surface area contributed by atoms with Crippen LogP contribution >= 0.6 is 11.3 Å². The predicted molar refractivity (Wildman–Crippen MR) is 118 cm³/mol. The third kappa shape index (κ3) is 4.61. The minimum absolute atomic E-state index is 0.00799. The Kier molecular flexibility index (Phi) is 6.86. The molecule has 2 aromatic rings. The van der Waals surface area contributed by atoms with Crippen molar-refractivity contribution in [3.8, 4) is 5.00 Å². The number of nitrogens with one attached hydrogen (secondary N) is 1. The van der Waals surface area contributed by atoms with Gasteiger partial charge >= 0.3 is 0 Å². The van der Waals surface area contributed by atoms with Crippen LogP contribution in [0.3, 0.4) is 0 Å². The van der Waals surface area contributed by atoms with Crippen molar-refractivity contribution in [2.24, 2.45) is 0 Å². The van der Waals surface area contributed by atoms with E-state index >= 15 is 0 Å². The third-order valence-corrected chi connectivity index (χ3v) is 7.17. The van der Waals surface area contributed by atoms with E-state index in [1.807, 2.05) is 29.4 Å². The summed E-state index contributed by atoms with van der Waals surface area (Å²) in [6.45, 7) is 4.15. The molecule has 3 heterocycles. The van der Waals surface area contributed by atoms with Gasteiger partial charge in [0.2, 0.25) is 5.91 Å². The average Bonchev–Trinajstić information content (AvgIpc) is 3.42. The Morgan fingerprint density at radius 2 is 1.83 bits per heavy atom. The lowest BCUT2D eigenvalue weighted by molar-refractivity contribution is -0.122. The summed E-state index contributed by atoms with van der Waals surface area (Å²) in [6, 6.07) is 4.01. The second kappa shape index (κ2) is 9.76. The third-order valence-electron chi connectivity index (χ3n) is 5.86. The molecule has 30 heavy (non-hydrogen) atoms. The highest BCUT2D eigenvalue weighted by molar-refractivity contribution is 7.15.